The molecule has 142 valence electrons. The van der Waals surface area contributed by atoms with E-state index >= 15 is 0 Å². The Labute approximate surface area is 161 Å². The number of nitrogens with one attached hydrogen (secondary N) is 3. The minimum Gasteiger partial charge on any atom is -0.454 e. The number of rotatable bonds is 1. The molecule has 28 heavy (non-hydrogen) atoms. The van der Waals surface area contributed by atoms with E-state index < -0.39 is 0 Å². The van der Waals surface area contributed by atoms with Gasteiger partial charge in [0.15, 0.2) is 11.5 Å². The van der Waals surface area contributed by atoms with Crippen LogP contribution in [0.4, 0.5) is 0 Å². The maximum atomic E-state index is 12.5. The van der Waals surface area contributed by atoms with E-state index in [1.807, 2.05) is 42.5 Å². The van der Waals surface area contributed by atoms with Gasteiger partial charge in [-0.3, -0.25) is 9.59 Å². The van der Waals surface area contributed by atoms with Gasteiger partial charge in [-0.05, 0) is 35.7 Å². The summed E-state index contributed by atoms with van der Waals surface area (Å²) in [7, 11) is 0. The van der Waals surface area contributed by atoms with Crippen molar-refractivity contribution < 1.29 is 19.1 Å². The molecular weight excluding hydrogens is 358 g/mol. The Morgan fingerprint density at radius 3 is 2.71 bits per heavy atom. The summed E-state index contributed by atoms with van der Waals surface area (Å²) < 4.78 is 10.9. The van der Waals surface area contributed by atoms with Crippen LogP contribution in [0, 0.1) is 0 Å². The van der Waals surface area contributed by atoms with Crippen LogP contribution in [-0.4, -0.2) is 30.1 Å². The van der Waals surface area contributed by atoms with Gasteiger partial charge in [-0.2, -0.15) is 0 Å². The second kappa shape index (κ2) is 6.60. The highest BCUT2D eigenvalue weighted by Crippen LogP contribution is 2.37. The fraction of sp³-hybridized carbons (Fsp3) is 0.238. The highest BCUT2D eigenvalue weighted by molar-refractivity contribution is 5.89. The summed E-state index contributed by atoms with van der Waals surface area (Å²) in [6, 6.07) is 13.3. The average Bonchev–Trinajstić information content (AvgIpc) is 3.32. The zero-order valence-electron chi connectivity index (χ0n) is 15.1. The molecule has 1 aromatic heterocycles. The molecular formula is C21H19N3O4. The fourth-order valence-corrected chi connectivity index (χ4v) is 3.87. The van der Waals surface area contributed by atoms with Crippen LogP contribution in [0.1, 0.15) is 29.3 Å². The number of ether oxygens (including phenoxy) is 2. The zero-order valence-corrected chi connectivity index (χ0v) is 15.1. The monoisotopic (exact) mass is 377 g/mol. The van der Waals surface area contributed by atoms with E-state index in [-0.39, 0.29) is 31.2 Å². The SMILES string of the molecule is O=C1CCc2c([nH]c3ccccc23)[C@@H](c2ccc3c(c2)OCO3)NC(=O)CN1. The number of carbonyl (C=O) groups excluding carboxylic acids is 2. The lowest BCUT2D eigenvalue weighted by atomic mass is 9.96. The van der Waals surface area contributed by atoms with Crippen molar-refractivity contribution in [1.82, 2.24) is 15.6 Å². The van der Waals surface area contributed by atoms with E-state index in [0.29, 0.717) is 24.3 Å². The molecule has 0 aliphatic carbocycles. The predicted octanol–water partition coefficient (Wildman–Crippen LogP) is 2.16. The molecule has 0 radical (unpaired) electrons. The van der Waals surface area contributed by atoms with Crippen LogP contribution in [0.15, 0.2) is 42.5 Å². The second-order valence-corrected chi connectivity index (χ2v) is 6.95. The van der Waals surface area contributed by atoms with E-state index in [1.54, 1.807) is 0 Å². The van der Waals surface area contributed by atoms with Crippen LogP contribution >= 0.6 is 0 Å². The summed E-state index contributed by atoms with van der Waals surface area (Å²) in [6.45, 7) is 0.148. The van der Waals surface area contributed by atoms with Crippen molar-refractivity contribution in [3.63, 3.8) is 0 Å². The first-order valence-electron chi connectivity index (χ1n) is 9.24. The molecule has 2 aromatic carbocycles. The Morgan fingerprint density at radius 1 is 0.929 bits per heavy atom. The van der Waals surface area contributed by atoms with Crippen LogP contribution in [-0.2, 0) is 16.0 Å². The van der Waals surface area contributed by atoms with E-state index in [0.717, 1.165) is 27.7 Å². The molecule has 0 unspecified atom stereocenters. The van der Waals surface area contributed by atoms with Crippen LogP contribution in [0.2, 0.25) is 0 Å². The standard InChI is InChI=1S/C21H19N3O4/c25-18-8-6-14-13-3-1-2-4-15(13)23-21(14)20(24-19(26)10-22-18)12-5-7-16-17(9-12)28-11-27-16/h1-5,7,9,20,23H,6,8,10-11H2,(H,22,25)(H,24,26)/t20-/m1/s1. The lowest BCUT2D eigenvalue weighted by Crippen LogP contribution is -2.40. The lowest BCUT2D eigenvalue weighted by Gasteiger charge is -2.22. The maximum absolute atomic E-state index is 12.5. The number of carbonyl (C=O) groups is 2. The van der Waals surface area contributed by atoms with Crippen LogP contribution in [0.25, 0.3) is 10.9 Å². The first-order chi connectivity index (χ1) is 13.7. The zero-order chi connectivity index (χ0) is 19.1. The summed E-state index contributed by atoms with van der Waals surface area (Å²) >= 11 is 0. The van der Waals surface area contributed by atoms with Gasteiger partial charge in [0.2, 0.25) is 18.6 Å². The lowest BCUT2D eigenvalue weighted by molar-refractivity contribution is -0.126. The molecule has 0 saturated heterocycles. The van der Waals surface area contributed by atoms with Gasteiger partial charge in [-0.25, -0.2) is 0 Å². The Kier molecular flexibility index (Phi) is 3.93. The van der Waals surface area contributed by atoms with Crippen molar-refractivity contribution >= 4 is 22.7 Å². The largest absolute Gasteiger partial charge is 0.454 e. The number of aromatic amines is 1. The molecule has 2 aliphatic heterocycles. The van der Waals surface area contributed by atoms with Crippen molar-refractivity contribution in [3.8, 4) is 11.5 Å². The second-order valence-electron chi connectivity index (χ2n) is 6.95. The molecule has 2 amide bonds. The third-order valence-electron chi connectivity index (χ3n) is 5.22. The number of amides is 2. The van der Waals surface area contributed by atoms with Crippen molar-refractivity contribution in [2.75, 3.05) is 13.3 Å². The Balaban J connectivity index is 1.67. The number of H-pyrrole nitrogens is 1. The fourth-order valence-electron chi connectivity index (χ4n) is 3.87. The minimum absolute atomic E-state index is 0.0462. The van der Waals surface area contributed by atoms with Gasteiger partial charge in [0.05, 0.1) is 12.6 Å². The average molecular weight is 377 g/mol. The summed E-state index contributed by atoms with van der Waals surface area (Å²) in [5.41, 5.74) is 3.79. The van der Waals surface area contributed by atoms with Gasteiger partial charge >= 0.3 is 0 Å². The molecule has 2 aliphatic rings. The number of para-hydroxylation sites is 1. The van der Waals surface area contributed by atoms with Crippen LogP contribution in [0.3, 0.4) is 0 Å². The number of aryl methyl sites for hydroxylation is 1. The van der Waals surface area contributed by atoms with Gasteiger partial charge in [0.1, 0.15) is 0 Å². The number of fused-ring (bicyclic) bond motifs is 4. The summed E-state index contributed by atoms with van der Waals surface area (Å²) in [6.07, 6.45) is 0.915. The van der Waals surface area contributed by atoms with E-state index in [4.69, 9.17) is 9.47 Å². The van der Waals surface area contributed by atoms with Gasteiger partial charge in [-0.1, -0.05) is 24.3 Å². The number of hydrogen-bond acceptors (Lipinski definition) is 4. The molecule has 5 rings (SSSR count). The molecule has 3 heterocycles. The highest BCUT2D eigenvalue weighted by Gasteiger charge is 2.27. The van der Waals surface area contributed by atoms with Gasteiger partial charge < -0.3 is 25.1 Å². The maximum Gasteiger partial charge on any atom is 0.240 e. The van der Waals surface area contributed by atoms with E-state index in [9.17, 15) is 9.59 Å². The van der Waals surface area contributed by atoms with Crippen molar-refractivity contribution in [2.24, 2.45) is 0 Å². The summed E-state index contributed by atoms with van der Waals surface area (Å²) in [5, 5.41) is 6.79. The molecule has 3 N–H and O–H groups in total. The first-order valence-corrected chi connectivity index (χ1v) is 9.24. The third kappa shape index (κ3) is 2.85. The molecule has 7 nitrogen and oxygen atoms in total. The number of hydrogen-bond donors (Lipinski definition) is 3. The Morgan fingerprint density at radius 2 is 1.79 bits per heavy atom. The first kappa shape index (κ1) is 16.7. The minimum atomic E-state index is -0.389. The molecule has 7 heteroatoms. The topological polar surface area (TPSA) is 92.5 Å². The van der Waals surface area contributed by atoms with Crippen molar-refractivity contribution in [2.45, 2.75) is 18.9 Å². The van der Waals surface area contributed by atoms with E-state index in [2.05, 4.69) is 15.6 Å². The highest BCUT2D eigenvalue weighted by atomic mass is 16.7. The summed E-state index contributed by atoms with van der Waals surface area (Å²) in [5.74, 6) is 0.976. The van der Waals surface area contributed by atoms with Crippen LogP contribution in [0.5, 0.6) is 11.5 Å². The quantitative estimate of drug-likeness (QED) is 0.606. The van der Waals surface area contributed by atoms with Gasteiger partial charge in [-0.15, -0.1) is 0 Å². The number of aromatic nitrogens is 1. The van der Waals surface area contributed by atoms with Gasteiger partial charge in [0, 0.05) is 23.0 Å². The van der Waals surface area contributed by atoms with Gasteiger partial charge in [0.25, 0.3) is 0 Å². The molecule has 0 fully saturated rings. The van der Waals surface area contributed by atoms with Crippen LogP contribution < -0.4 is 20.1 Å². The molecule has 0 bridgehead atoms. The van der Waals surface area contributed by atoms with E-state index in [1.165, 1.54) is 0 Å². The predicted molar refractivity (Wildman–Crippen MR) is 102 cm³/mol. The molecule has 0 spiro atoms. The van der Waals surface area contributed by atoms with Crippen molar-refractivity contribution in [1.29, 1.82) is 0 Å². The summed E-state index contributed by atoms with van der Waals surface area (Å²) in [4.78, 5) is 28.0. The smallest absolute Gasteiger partial charge is 0.240 e. The Hall–Kier alpha value is -3.48. The molecule has 1 atom stereocenters. The molecule has 0 saturated carbocycles. The normalized spacial score (nSPS) is 19.1. The third-order valence-corrected chi connectivity index (χ3v) is 5.22. The van der Waals surface area contributed by atoms with Crippen molar-refractivity contribution in [3.05, 3.63) is 59.3 Å². The number of benzene rings is 2. The molecule has 3 aromatic rings. The Bertz CT molecular complexity index is 1090.